The summed E-state index contributed by atoms with van der Waals surface area (Å²) in [4.78, 5) is 25.5. The molecule has 0 aliphatic rings. The highest BCUT2D eigenvalue weighted by Crippen LogP contribution is 2.30. The van der Waals surface area contributed by atoms with Gasteiger partial charge in [-0.1, -0.05) is 12.1 Å². The van der Waals surface area contributed by atoms with E-state index in [1.54, 1.807) is 18.2 Å². The minimum atomic E-state index is -4.47. The molecule has 1 aromatic heterocycles. The molecule has 0 spiro atoms. The van der Waals surface area contributed by atoms with E-state index < -0.39 is 23.4 Å². The lowest BCUT2D eigenvalue weighted by Crippen LogP contribution is -2.15. The molecule has 1 heterocycles. The Kier molecular flexibility index (Phi) is 3.88. The van der Waals surface area contributed by atoms with Crippen molar-refractivity contribution >= 4 is 22.7 Å². The number of rotatable bonds is 3. The van der Waals surface area contributed by atoms with E-state index in [1.807, 2.05) is 0 Å². The first kappa shape index (κ1) is 15.9. The molecule has 3 aromatic rings. The van der Waals surface area contributed by atoms with Gasteiger partial charge in [-0.2, -0.15) is 13.2 Å². The normalized spacial score (nSPS) is 11.6. The van der Waals surface area contributed by atoms with Crippen molar-refractivity contribution in [1.82, 2.24) is 4.98 Å². The monoisotopic (exact) mass is 336 g/mol. The van der Waals surface area contributed by atoms with Crippen LogP contribution in [0, 0.1) is 0 Å². The van der Waals surface area contributed by atoms with Gasteiger partial charge >= 0.3 is 11.9 Å². The molecule has 0 aliphatic carbocycles. The summed E-state index contributed by atoms with van der Waals surface area (Å²) in [6, 6.07) is 9.12. The number of amides is 1. The number of aromatic nitrogens is 1. The summed E-state index contributed by atoms with van der Waals surface area (Å²) >= 11 is 0. The summed E-state index contributed by atoms with van der Waals surface area (Å²) in [6.45, 7) is 0. The maximum absolute atomic E-state index is 12.7. The van der Waals surface area contributed by atoms with Crippen LogP contribution < -0.4 is 11.1 Å². The molecule has 1 amide bonds. The number of hydrogen-bond acceptors (Lipinski definition) is 3. The van der Waals surface area contributed by atoms with Crippen molar-refractivity contribution in [2.45, 2.75) is 12.6 Å². The van der Waals surface area contributed by atoms with Gasteiger partial charge in [-0.15, -0.1) is 0 Å². The van der Waals surface area contributed by atoms with Gasteiger partial charge in [0.2, 0.25) is 5.91 Å². The lowest BCUT2D eigenvalue weighted by atomic mass is 10.1. The zero-order valence-electron chi connectivity index (χ0n) is 12.1. The van der Waals surface area contributed by atoms with Crippen molar-refractivity contribution in [3.05, 3.63) is 64.1 Å². The third-order valence-electron chi connectivity index (χ3n) is 3.32. The van der Waals surface area contributed by atoms with Crippen LogP contribution in [0.4, 0.5) is 18.9 Å². The number of nitrogens with one attached hydrogen (secondary N) is 2. The number of anilines is 1. The van der Waals surface area contributed by atoms with Gasteiger partial charge in [0.1, 0.15) is 0 Å². The van der Waals surface area contributed by atoms with Crippen molar-refractivity contribution in [2.24, 2.45) is 0 Å². The van der Waals surface area contributed by atoms with Crippen LogP contribution in [0.3, 0.4) is 0 Å². The molecule has 0 unspecified atom stereocenters. The molecular formula is C16H11F3N2O3. The van der Waals surface area contributed by atoms with Crippen molar-refractivity contribution < 1.29 is 22.4 Å². The zero-order valence-corrected chi connectivity index (χ0v) is 12.1. The molecule has 0 atom stereocenters. The van der Waals surface area contributed by atoms with Gasteiger partial charge in [-0.3, -0.25) is 9.78 Å². The van der Waals surface area contributed by atoms with Crippen LogP contribution >= 0.6 is 0 Å². The molecular weight excluding hydrogens is 325 g/mol. The molecule has 2 aromatic carbocycles. The smallest absolute Gasteiger partial charge is 0.408 e. The maximum Gasteiger partial charge on any atom is 0.417 e. The number of carbonyl (C=O) groups excluding carboxylic acids is 1. The zero-order chi connectivity index (χ0) is 17.3. The number of carbonyl (C=O) groups is 1. The number of aromatic amines is 1. The van der Waals surface area contributed by atoms with E-state index in [9.17, 15) is 22.8 Å². The second kappa shape index (κ2) is 5.88. The number of hydrogen-bond donors (Lipinski definition) is 2. The largest absolute Gasteiger partial charge is 0.417 e. The van der Waals surface area contributed by atoms with Crippen LogP contribution in [0.1, 0.15) is 11.1 Å². The molecule has 124 valence electrons. The number of fused-ring (bicyclic) bond motifs is 1. The van der Waals surface area contributed by atoms with E-state index in [4.69, 9.17) is 4.42 Å². The Morgan fingerprint density at radius 3 is 2.71 bits per heavy atom. The Balaban J connectivity index is 1.74. The second-order valence-electron chi connectivity index (χ2n) is 5.15. The third kappa shape index (κ3) is 3.48. The molecule has 0 saturated heterocycles. The molecule has 24 heavy (non-hydrogen) atoms. The summed E-state index contributed by atoms with van der Waals surface area (Å²) in [5, 5.41) is 2.42. The van der Waals surface area contributed by atoms with Crippen molar-refractivity contribution in [1.29, 1.82) is 0 Å². The minimum absolute atomic E-state index is 0.0562. The van der Waals surface area contributed by atoms with Crippen molar-refractivity contribution in [3.8, 4) is 0 Å². The van der Waals surface area contributed by atoms with Crippen LogP contribution in [-0.2, 0) is 17.4 Å². The van der Waals surface area contributed by atoms with Crippen molar-refractivity contribution in [3.63, 3.8) is 0 Å². The second-order valence-corrected chi connectivity index (χ2v) is 5.15. The van der Waals surface area contributed by atoms with Gasteiger partial charge in [0.05, 0.1) is 17.5 Å². The number of oxazole rings is 1. The Labute approximate surface area is 133 Å². The number of halogens is 3. The number of alkyl halides is 3. The molecule has 0 saturated carbocycles. The maximum atomic E-state index is 12.7. The van der Waals surface area contributed by atoms with Crippen LogP contribution in [0.25, 0.3) is 11.1 Å². The van der Waals surface area contributed by atoms with Gasteiger partial charge in [0, 0.05) is 5.69 Å². The van der Waals surface area contributed by atoms with E-state index >= 15 is 0 Å². The molecule has 0 aliphatic heterocycles. The molecule has 0 bridgehead atoms. The highest BCUT2D eigenvalue weighted by molar-refractivity contribution is 5.92. The lowest BCUT2D eigenvalue weighted by molar-refractivity contribution is -0.137. The Hall–Kier alpha value is -3.03. The molecule has 8 heteroatoms. The fourth-order valence-electron chi connectivity index (χ4n) is 2.27. The topological polar surface area (TPSA) is 75.1 Å². The van der Waals surface area contributed by atoms with Gasteiger partial charge < -0.3 is 9.73 Å². The minimum Gasteiger partial charge on any atom is -0.408 e. The first-order valence-electron chi connectivity index (χ1n) is 6.90. The third-order valence-corrected chi connectivity index (χ3v) is 3.32. The standard InChI is InChI=1S/C16H11F3N2O3/c17-16(18,19)10-2-1-3-11(8-10)20-14(22)7-9-4-5-13-12(6-9)21-15(23)24-13/h1-6,8H,7H2,(H,20,22)(H,21,23). The molecule has 3 rings (SSSR count). The average molecular weight is 336 g/mol. The fourth-order valence-corrected chi connectivity index (χ4v) is 2.27. The SMILES string of the molecule is O=C(Cc1ccc2oc(=O)[nH]c2c1)Nc1cccc(C(F)(F)F)c1. The van der Waals surface area contributed by atoms with E-state index in [0.717, 1.165) is 12.1 Å². The summed E-state index contributed by atoms with van der Waals surface area (Å²) in [6.07, 6.45) is -4.53. The number of H-pyrrole nitrogens is 1. The molecule has 5 nitrogen and oxygen atoms in total. The predicted molar refractivity (Wildman–Crippen MR) is 80.6 cm³/mol. The van der Waals surface area contributed by atoms with E-state index in [-0.39, 0.29) is 12.1 Å². The first-order valence-corrected chi connectivity index (χ1v) is 6.90. The summed E-state index contributed by atoms with van der Waals surface area (Å²) in [5.41, 5.74) is 0.626. The van der Waals surface area contributed by atoms with Crippen LogP contribution in [0.5, 0.6) is 0 Å². The molecule has 0 radical (unpaired) electrons. The average Bonchev–Trinajstić information content (AvgIpc) is 2.86. The number of benzene rings is 2. The van der Waals surface area contributed by atoms with Gasteiger partial charge in [-0.05, 0) is 35.9 Å². The highest BCUT2D eigenvalue weighted by Gasteiger charge is 2.30. The highest BCUT2D eigenvalue weighted by atomic mass is 19.4. The molecule has 2 N–H and O–H groups in total. The van der Waals surface area contributed by atoms with Gasteiger partial charge in [0.25, 0.3) is 0 Å². The predicted octanol–water partition coefficient (Wildman–Crippen LogP) is 3.32. The van der Waals surface area contributed by atoms with E-state index in [1.165, 1.54) is 12.1 Å². The van der Waals surface area contributed by atoms with E-state index in [2.05, 4.69) is 10.3 Å². The van der Waals surface area contributed by atoms with Crippen molar-refractivity contribution in [2.75, 3.05) is 5.32 Å². The Morgan fingerprint density at radius 2 is 1.96 bits per heavy atom. The molecule has 0 fully saturated rings. The summed E-state index contributed by atoms with van der Waals surface area (Å²) in [5.74, 6) is -1.07. The van der Waals surface area contributed by atoms with Crippen LogP contribution in [-0.4, -0.2) is 10.9 Å². The Bertz CT molecular complexity index is 957. The first-order chi connectivity index (χ1) is 11.3. The Morgan fingerprint density at radius 1 is 1.17 bits per heavy atom. The van der Waals surface area contributed by atoms with E-state index in [0.29, 0.717) is 16.7 Å². The van der Waals surface area contributed by atoms with Gasteiger partial charge in [0.15, 0.2) is 5.58 Å². The van der Waals surface area contributed by atoms with Crippen LogP contribution in [0.15, 0.2) is 51.7 Å². The fraction of sp³-hybridized carbons (Fsp3) is 0.125. The summed E-state index contributed by atoms with van der Waals surface area (Å²) < 4.78 is 42.8. The lowest BCUT2D eigenvalue weighted by Gasteiger charge is -2.10. The van der Waals surface area contributed by atoms with Gasteiger partial charge in [-0.25, -0.2) is 4.79 Å². The van der Waals surface area contributed by atoms with Crippen LogP contribution in [0.2, 0.25) is 0 Å². The quantitative estimate of drug-likeness (QED) is 0.770. The summed E-state index contributed by atoms with van der Waals surface area (Å²) in [7, 11) is 0.